The van der Waals surface area contributed by atoms with Crippen LogP contribution in [0.5, 0.6) is 0 Å². The summed E-state index contributed by atoms with van der Waals surface area (Å²) in [5, 5.41) is 8.09. The fourth-order valence-electron chi connectivity index (χ4n) is 2.70. The molecule has 6 nitrogen and oxygen atoms in total. The van der Waals surface area contributed by atoms with Crippen molar-refractivity contribution in [3.05, 3.63) is 24.3 Å². The van der Waals surface area contributed by atoms with Crippen LogP contribution in [0.2, 0.25) is 0 Å². The molecule has 108 valence electrons. The predicted molar refractivity (Wildman–Crippen MR) is 73.7 cm³/mol. The first kappa shape index (κ1) is 13.3. The zero-order chi connectivity index (χ0) is 13.9. The van der Waals surface area contributed by atoms with E-state index in [1.807, 2.05) is 6.07 Å². The van der Waals surface area contributed by atoms with Gasteiger partial charge in [-0.1, -0.05) is 0 Å². The van der Waals surface area contributed by atoms with Crippen LogP contribution in [0.3, 0.4) is 0 Å². The van der Waals surface area contributed by atoms with Crippen LogP contribution in [0.15, 0.2) is 27.2 Å². The second-order valence-corrected chi connectivity index (χ2v) is 5.46. The van der Waals surface area contributed by atoms with Gasteiger partial charge in [0.1, 0.15) is 0 Å². The van der Waals surface area contributed by atoms with E-state index in [9.17, 15) is 0 Å². The fourth-order valence-corrected chi connectivity index (χ4v) is 2.70. The summed E-state index contributed by atoms with van der Waals surface area (Å²) in [4.78, 5) is 2.27. The summed E-state index contributed by atoms with van der Waals surface area (Å²) in [7, 11) is 2.10. The number of nitrogens with zero attached hydrogens (tertiary/aromatic N) is 3. The minimum Gasteiger partial charge on any atom is -0.459 e. The molecule has 0 aliphatic heterocycles. The third-order valence-electron chi connectivity index (χ3n) is 3.95. The van der Waals surface area contributed by atoms with Gasteiger partial charge in [-0.2, -0.15) is 0 Å². The quantitative estimate of drug-likeness (QED) is 0.920. The monoisotopic (exact) mass is 276 g/mol. The van der Waals surface area contributed by atoms with E-state index in [-0.39, 0.29) is 0 Å². The summed E-state index contributed by atoms with van der Waals surface area (Å²) in [6.07, 6.45) is 6.05. The molecule has 2 heterocycles. The van der Waals surface area contributed by atoms with E-state index in [2.05, 4.69) is 22.1 Å². The van der Waals surface area contributed by atoms with E-state index >= 15 is 0 Å². The van der Waals surface area contributed by atoms with E-state index in [1.54, 1.807) is 12.3 Å². The Morgan fingerprint density at radius 2 is 2.10 bits per heavy atom. The minimum absolute atomic E-state index is 0.369. The summed E-state index contributed by atoms with van der Waals surface area (Å²) in [5.41, 5.74) is 5.94. The van der Waals surface area contributed by atoms with Crippen molar-refractivity contribution in [3.63, 3.8) is 0 Å². The smallest absolute Gasteiger partial charge is 0.283 e. The van der Waals surface area contributed by atoms with Gasteiger partial charge in [-0.15, -0.1) is 10.2 Å². The van der Waals surface area contributed by atoms with E-state index in [0.717, 1.165) is 25.7 Å². The number of furan rings is 1. The first-order chi connectivity index (χ1) is 9.72. The Kier molecular flexibility index (Phi) is 3.84. The van der Waals surface area contributed by atoms with Gasteiger partial charge in [0.25, 0.3) is 5.89 Å². The molecule has 1 saturated carbocycles. The second kappa shape index (κ2) is 5.76. The average Bonchev–Trinajstić information content (AvgIpc) is 3.09. The van der Waals surface area contributed by atoms with E-state index < -0.39 is 0 Å². The molecule has 3 rings (SSSR count). The van der Waals surface area contributed by atoms with Gasteiger partial charge in [0, 0.05) is 12.1 Å². The van der Waals surface area contributed by atoms with E-state index in [4.69, 9.17) is 14.6 Å². The van der Waals surface area contributed by atoms with E-state index in [1.165, 1.54) is 0 Å². The molecular formula is C14H20N4O2. The highest BCUT2D eigenvalue weighted by Crippen LogP contribution is 2.23. The van der Waals surface area contributed by atoms with Crippen molar-refractivity contribution in [3.8, 4) is 11.7 Å². The lowest BCUT2D eigenvalue weighted by Crippen LogP contribution is -2.38. The lowest BCUT2D eigenvalue weighted by atomic mass is 9.91. The molecule has 0 bridgehead atoms. The fraction of sp³-hybridized carbons (Fsp3) is 0.571. The van der Waals surface area contributed by atoms with Gasteiger partial charge in [-0.25, -0.2) is 0 Å². The van der Waals surface area contributed by atoms with Crippen LogP contribution in [-0.4, -0.2) is 34.2 Å². The Labute approximate surface area is 117 Å². The van der Waals surface area contributed by atoms with Gasteiger partial charge in [0.15, 0.2) is 5.76 Å². The first-order valence-corrected chi connectivity index (χ1v) is 7.04. The van der Waals surface area contributed by atoms with E-state index in [0.29, 0.717) is 36.2 Å². The molecule has 0 aromatic carbocycles. The molecule has 20 heavy (non-hydrogen) atoms. The summed E-state index contributed by atoms with van der Waals surface area (Å²) in [6.45, 7) is 0.660. The molecule has 0 radical (unpaired) electrons. The lowest BCUT2D eigenvalue weighted by molar-refractivity contribution is 0.163. The van der Waals surface area contributed by atoms with Gasteiger partial charge in [0.05, 0.1) is 12.8 Å². The maximum atomic E-state index is 5.94. The van der Waals surface area contributed by atoms with Crippen LogP contribution in [-0.2, 0) is 6.54 Å². The normalized spacial score (nSPS) is 23.4. The zero-order valence-corrected chi connectivity index (χ0v) is 11.7. The molecule has 1 fully saturated rings. The number of nitrogens with two attached hydrogens (primary N) is 1. The maximum Gasteiger partial charge on any atom is 0.283 e. The molecule has 0 saturated heterocycles. The topological polar surface area (TPSA) is 81.3 Å². The molecular weight excluding hydrogens is 256 g/mol. The molecule has 2 N–H and O–H groups in total. The molecule has 6 heteroatoms. The molecule has 0 atom stereocenters. The number of hydrogen-bond donors (Lipinski definition) is 1. The van der Waals surface area contributed by atoms with Crippen LogP contribution in [0.1, 0.15) is 31.6 Å². The van der Waals surface area contributed by atoms with Crippen LogP contribution >= 0.6 is 0 Å². The lowest BCUT2D eigenvalue weighted by Gasteiger charge is -2.32. The standard InChI is InChI=1S/C14H20N4O2/c1-18(11-6-4-10(15)5-7-11)9-13-16-17-14(20-13)12-3-2-8-19-12/h2-3,8,10-11H,4-7,9,15H2,1H3. The van der Waals surface area contributed by atoms with Gasteiger partial charge >= 0.3 is 0 Å². The summed E-state index contributed by atoms with van der Waals surface area (Å²) in [6, 6.07) is 4.53. The molecule has 2 aromatic rings. The largest absolute Gasteiger partial charge is 0.459 e. The summed E-state index contributed by atoms with van der Waals surface area (Å²) >= 11 is 0. The number of hydrogen-bond acceptors (Lipinski definition) is 6. The molecule has 2 aromatic heterocycles. The third kappa shape index (κ3) is 2.91. The van der Waals surface area contributed by atoms with Gasteiger partial charge in [-0.3, -0.25) is 4.90 Å². The van der Waals surface area contributed by atoms with Crippen LogP contribution in [0.4, 0.5) is 0 Å². The Morgan fingerprint density at radius 1 is 1.30 bits per heavy atom. The Balaban J connectivity index is 1.60. The van der Waals surface area contributed by atoms with Crippen molar-refractivity contribution in [2.75, 3.05) is 7.05 Å². The summed E-state index contributed by atoms with van der Waals surface area (Å²) < 4.78 is 10.9. The number of aromatic nitrogens is 2. The van der Waals surface area contributed by atoms with Crippen molar-refractivity contribution in [2.24, 2.45) is 5.73 Å². The Bertz CT molecular complexity index is 529. The van der Waals surface area contributed by atoms with Crippen LogP contribution < -0.4 is 5.73 Å². The zero-order valence-electron chi connectivity index (χ0n) is 11.7. The molecule has 1 aliphatic rings. The molecule has 1 aliphatic carbocycles. The first-order valence-electron chi connectivity index (χ1n) is 7.04. The predicted octanol–water partition coefficient (Wildman–Crippen LogP) is 2.03. The highest BCUT2D eigenvalue weighted by molar-refractivity contribution is 5.42. The molecule has 0 unspecified atom stereocenters. The Morgan fingerprint density at radius 3 is 2.80 bits per heavy atom. The van der Waals surface area contributed by atoms with Crippen molar-refractivity contribution >= 4 is 0 Å². The highest BCUT2D eigenvalue weighted by Gasteiger charge is 2.23. The van der Waals surface area contributed by atoms with Crippen LogP contribution in [0.25, 0.3) is 11.7 Å². The van der Waals surface area contributed by atoms with Gasteiger partial charge in [-0.05, 0) is 44.9 Å². The van der Waals surface area contributed by atoms with Crippen molar-refractivity contribution in [2.45, 2.75) is 44.3 Å². The Hall–Kier alpha value is -1.66. The second-order valence-electron chi connectivity index (χ2n) is 5.46. The maximum absolute atomic E-state index is 5.94. The van der Waals surface area contributed by atoms with Crippen molar-refractivity contribution < 1.29 is 8.83 Å². The SMILES string of the molecule is CN(Cc1nnc(-c2ccco2)o1)C1CCC(N)CC1. The molecule has 0 spiro atoms. The van der Waals surface area contributed by atoms with Gasteiger partial charge in [0.2, 0.25) is 5.89 Å². The van der Waals surface area contributed by atoms with Crippen LogP contribution in [0, 0.1) is 0 Å². The highest BCUT2D eigenvalue weighted by atomic mass is 16.4. The minimum atomic E-state index is 0.369. The van der Waals surface area contributed by atoms with Crippen molar-refractivity contribution in [1.82, 2.24) is 15.1 Å². The molecule has 0 amide bonds. The third-order valence-corrected chi connectivity index (χ3v) is 3.95. The van der Waals surface area contributed by atoms with Gasteiger partial charge < -0.3 is 14.6 Å². The average molecular weight is 276 g/mol. The van der Waals surface area contributed by atoms with Crippen molar-refractivity contribution in [1.29, 1.82) is 0 Å². The number of rotatable bonds is 4. The summed E-state index contributed by atoms with van der Waals surface area (Å²) in [5.74, 6) is 1.66.